The number of piperidine rings is 1. The van der Waals surface area contributed by atoms with Gasteiger partial charge in [0, 0.05) is 12.0 Å². The van der Waals surface area contributed by atoms with Gasteiger partial charge in [-0.15, -0.1) is 0 Å². The van der Waals surface area contributed by atoms with Gasteiger partial charge >= 0.3 is 6.18 Å². The quantitative estimate of drug-likeness (QED) is 0.813. The largest absolute Gasteiger partial charge is 0.393 e. The van der Waals surface area contributed by atoms with Gasteiger partial charge in [-0.25, -0.2) is 0 Å². The van der Waals surface area contributed by atoms with Gasteiger partial charge in [0.25, 0.3) is 0 Å². The Kier molecular flexibility index (Phi) is 4.71. The predicted octanol–water partition coefficient (Wildman–Crippen LogP) is 2.22. The summed E-state index contributed by atoms with van der Waals surface area (Å²) in [5.41, 5.74) is 0. The third kappa shape index (κ3) is 3.84. The van der Waals surface area contributed by atoms with Gasteiger partial charge in [0.05, 0.1) is 5.92 Å². The van der Waals surface area contributed by atoms with E-state index in [4.69, 9.17) is 0 Å². The molecule has 6 heteroatoms. The summed E-state index contributed by atoms with van der Waals surface area (Å²) >= 11 is 0. The highest BCUT2D eigenvalue weighted by molar-refractivity contribution is 5.79. The summed E-state index contributed by atoms with van der Waals surface area (Å²) in [5, 5.41) is 5.80. The number of carbonyl (C=O) groups excluding carboxylic acids is 1. The summed E-state index contributed by atoms with van der Waals surface area (Å²) in [6.07, 6.45) is -0.813. The van der Waals surface area contributed by atoms with E-state index in [-0.39, 0.29) is 18.2 Å². The van der Waals surface area contributed by atoms with E-state index in [9.17, 15) is 18.0 Å². The molecule has 2 N–H and O–H groups in total. The van der Waals surface area contributed by atoms with Gasteiger partial charge in [-0.2, -0.15) is 13.2 Å². The number of carbonyl (C=O) groups is 1. The monoisotopic (exact) mass is 278 g/mol. The molecule has 2 unspecified atom stereocenters. The molecule has 110 valence electrons. The summed E-state index contributed by atoms with van der Waals surface area (Å²) < 4.78 is 38.8. The molecule has 1 amide bonds. The summed E-state index contributed by atoms with van der Waals surface area (Å²) in [6, 6.07) is -0.726. The van der Waals surface area contributed by atoms with Crippen LogP contribution in [-0.2, 0) is 4.79 Å². The molecule has 0 aromatic heterocycles. The molecule has 1 aliphatic carbocycles. The van der Waals surface area contributed by atoms with E-state index in [0.29, 0.717) is 12.8 Å². The Morgan fingerprint density at radius 3 is 2.32 bits per heavy atom. The number of rotatable bonds is 2. The fourth-order valence-electron chi connectivity index (χ4n) is 3.08. The van der Waals surface area contributed by atoms with Gasteiger partial charge in [0.2, 0.25) is 5.91 Å². The van der Waals surface area contributed by atoms with Gasteiger partial charge < -0.3 is 10.6 Å². The van der Waals surface area contributed by atoms with Gasteiger partial charge in [-0.05, 0) is 38.8 Å². The zero-order chi connectivity index (χ0) is 13.9. The van der Waals surface area contributed by atoms with Crippen LogP contribution in [0.1, 0.15) is 38.5 Å². The molecule has 0 bridgehead atoms. The summed E-state index contributed by atoms with van der Waals surface area (Å²) in [4.78, 5) is 12.0. The second kappa shape index (κ2) is 6.11. The van der Waals surface area contributed by atoms with Crippen molar-refractivity contribution in [2.24, 2.45) is 11.8 Å². The molecular formula is C13H21F3N2O. The third-order valence-corrected chi connectivity index (χ3v) is 4.22. The fraction of sp³-hybridized carbons (Fsp3) is 0.923. The van der Waals surface area contributed by atoms with Crippen LogP contribution in [-0.4, -0.2) is 31.2 Å². The van der Waals surface area contributed by atoms with E-state index in [1.165, 1.54) is 0 Å². The third-order valence-electron chi connectivity index (χ3n) is 4.22. The first-order valence-corrected chi connectivity index (χ1v) is 7.06. The number of hydrogen-bond donors (Lipinski definition) is 2. The van der Waals surface area contributed by atoms with Crippen LogP contribution in [0.4, 0.5) is 13.2 Å². The molecule has 1 saturated heterocycles. The lowest BCUT2D eigenvalue weighted by Gasteiger charge is -2.34. The maximum absolute atomic E-state index is 12.9. The van der Waals surface area contributed by atoms with Crippen LogP contribution >= 0.6 is 0 Å². The van der Waals surface area contributed by atoms with Crippen LogP contribution in [0.25, 0.3) is 0 Å². The first kappa shape index (κ1) is 14.6. The number of nitrogens with one attached hydrogen (secondary N) is 2. The normalized spacial score (nSPS) is 30.1. The molecule has 0 spiro atoms. The van der Waals surface area contributed by atoms with Crippen molar-refractivity contribution >= 4 is 5.91 Å². The Balaban J connectivity index is 1.93. The maximum atomic E-state index is 12.9. The van der Waals surface area contributed by atoms with E-state index in [2.05, 4.69) is 10.6 Å². The number of hydrogen-bond acceptors (Lipinski definition) is 2. The Hall–Kier alpha value is -0.780. The van der Waals surface area contributed by atoms with E-state index in [0.717, 1.165) is 32.4 Å². The Morgan fingerprint density at radius 2 is 1.68 bits per heavy atom. The second-order valence-electron chi connectivity index (χ2n) is 5.57. The minimum Gasteiger partial charge on any atom is -0.353 e. The van der Waals surface area contributed by atoms with E-state index < -0.39 is 18.1 Å². The van der Waals surface area contributed by atoms with Crippen LogP contribution in [0.15, 0.2) is 0 Å². The fourth-order valence-corrected chi connectivity index (χ4v) is 3.08. The van der Waals surface area contributed by atoms with Gasteiger partial charge in [-0.3, -0.25) is 4.79 Å². The first-order valence-electron chi connectivity index (χ1n) is 7.06. The van der Waals surface area contributed by atoms with Crippen molar-refractivity contribution in [1.29, 1.82) is 0 Å². The van der Waals surface area contributed by atoms with Crippen molar-refractivity contribution in [1.82, 2.24) is 10.6 Å². The van der Waals surface area contributed by atoms with Crippen LogP contribution < -0.4 is 10.6 Å². The van der Waals surface area contributed by atoms with Gasteiger partial charge in [-0.1, -0.05) is 12.8 Å². The van der Waals surface area contributed by atoms with Crippen molar-refractivity contribution in [2.75, 3.05) is 13.1 Å². The lowest BCUT2D eigenvalue weighted by molar-refractivity contribution is -0.189. The lowest BCUT2D eigenvalue weighted by atomic mass is 9.83. The zero-order valence-electron chi connectivity index (χ0n) is 10.9. The van der Waals surface area contributed by atoms with Crippen molar-refractivity contribution in [3.05, 3.63) is 0 Å². The molecule has 2 atom stereocenters. The van der Waals surface area contributed by atoms with Crippen molar-refractivity contribution in [3.63, 3.8) is 0 Å². The van der Waals surface area contributed by atoms with E-state index >= 15 is 0 Å². The smallest absolute Gasteiger partial charge is 0.353 e. The molecule has 3 nitrogen and oxygen atoms in total. The molecule has 1 saturated carbocycles. The van der Waals surface area contributed by atoms with Gasteiger partial charge in [0.1, 0.15) is 0 Å². The van der Waals surface area contributed by atoms with E-state index in [1.807, 2.05) is 0 Å². The highest BCUT2D eigenvalue weighted by Gasteiger charge is 2.46. The van der Waals surface area contributed by atoms with Gasteiger partial charge in [0.15, 0.2) is 0 Å². The average Bonchev–Trinajstić information content (AvgIpc) is 2.39. The molecule has 1 heterocycles. The molecule has 2 rings (SSSR count). The molecule has 0 aromatic carbocycles. The standard InChI is InChI=1S/C13H21F3N2O/c14-13(15,16)10-3-1-2-4-11(10)18-12(19)9-5-7-17-8-6-9/h9-11,17H,1-8H2,(H,18,19). The average molecular weight is 278 g/mol. The van der Waals surface area contributed by atoms with E-state index in [1.54, 1.807) is 0 Å². The minimum atomic E-state index is -4.20. The van der Waals surface area contributed by atoms with Crippen LogP contribution in [0, 0.1) is 11.8 Å². The second-order valence-corrected chi connectivity index (χ2v) is 5.57. The molecular weight excluding hydrogens is 257 g/mol. The minimum absolute atomic E-state index is 0.128. The Labute approximate surface area is 111 Å². The van der Waals surface area contributed by atoms with Crippen LogP contribution in [0.5, 0.6) is 0 Å². The molecule has 2 aliphatic rings. The Morgan fingerprint density at radius 1 is 1.05 bits per heavy atom. The summed E-state index contributed by atoms with van der Waals surface area (Å²) in [6.45, 7) is 1.54. The maximum Gasteiger partial charge on any atom is 0.393 e. The number of halogens is 3. The topological polar surface area (TPSA) is 41.1 Å². The highest BCUT2D eigenvalue weighted by atomic mass is 19.4. The molecule has 1 aliphatic heterocycles. The summed E-state index contributed by atoms with van der Waals surface area (Å²) in [7, 11) is 0. The van der Waals surface area contributed by atoms with Crippen LogP contribution in [0.2, 0.25) is 0 Å². The van der Waals surface area contributed by atoms with Crippen LogP contribution in [0.3, 0.4) is 0 Å². The molecule has 0 radical (unpaired) electrons. The SMILES string of the molecule is O=C(NC1CCCCC1C(F)(F)F)C1CCNCC1. The van der Waals surface area contributed by atoms with Crippen molar-refractivity contribution < 1.29 is 18.0 Å². The van der Waals surface area contributed by atoms with Crippen molar-refractivity contribution in [3.8, 4) is 0 Å². The molecule has 2 fully saturated rings. The predicted molar refractivity (Wildman–Crippen MR) is 65.5 cm³/mol. The zero-order valence-corrected chi connectivity index (χ0v) is 10.9. The first-order chi connectivity index (χ1) is 8.98. The highest BCUT2D eigenvalue weighted by Crippen LogP contribution is 2.37. The summed E-state index contributed by atoms with van der Waals surface area (Å²) in [5.74, 6) is -1.69. The lowest BCUT2D eigenvalue weighted by Crippen LogP contribution is -2.50. The van der Waals surface area contributed by atoms with Crippen molar-refractivity contribution in [2.45, 2.75) is 50.7 Å². The Bertz CT molecular complexity index is 314. The number of alkyl halides is 3. The molecule has 19 heavy (non-hydrogen) atoms. The number of amides is 1. The molecule has 0 aromatic rings.